The first-order valence-electron chi connectivity index (χ1n) is 8.24. The lowest BCUT2D eigenvalue weighted by molar-refractivity contribution is -0.113. The van der Waals surface area contributed by atoms with Crippen LogP contribution < -0.4 is 5.32 Å². The number of nitrogens with one attached hydrogen (secondary N) is 1. The lowest BCUT2D eigenvalue weighted by Crippen LogP contribution is -2.16. The minimum atomic E-state index is -0.823. The highest BCUT2D eigenvalue weighted by atomic mass is 32.2. The Morgan fingerprint density at radius 3 is 2.70 bits per heavy atom. The van der Waals surface area contributed by atoms with Gasteiger partial charge in [0, 0.05) is 12.1 Å². The van der Waals surface area contributed by atoms with Gasteiger partial charge in [0.2, 0.25) is 5.91 Å². The molecule has 0 radical (unpaired) electrons. The van der Waals surface area contributed by atoms with Gasteiger partial charge in [-0.25, -0.2) is 8.78 Å². The highest BCUT2D eigenvalue weighted by Gasteiger charge is 2.20. The number of hydrogen-bond acceptors (Lipinski definition) is 5. The number of furan rings is 1. The molecule has 0 unspecified atom stereocenters. The van der Waals surface area contributed by atoms with E-state index in [1.54, 1.807) is 6.26 Å². The Kier molecular flexibility index (Phi) is 5.59. The van der Waals surface area contributed by atoms with Crippen LogP contribution in [0.15, 0.2) is 40.1 Å². The van der Waals surface area contributed by atoms with E-state index in [0.29, 0.717) is 11.0 Å². The lowest BCUT2D eigenvalue weighted by Gasteiger charge is -2.13. The summed E-state index contributed by atoms with van der Waals surface area (Å²) >= 11 is 1.19. The quantitative estimate of drug-likeness (QED) is 0.628. The van der Waals surface area contributed by atoms with Crippen LogP contribution in [0.5, 0.6) is 0 Å². The number of benzene rings is 1. The van der Waals surface area contributed by atoms with Crippen LogP contribution in [0.1, 0.15) is 25.6 Å². The standard InChI is InChI=1S/C18H18F2N4O2S/c1-10(2)24-17(13-6-7-26-11(13)3)22-23-18(24)27-9-16(25)21-15-5-4-12(19)8-14(15)20/h4-8,10H,9H2,1-3H3,(H,21,25). The fourth-order valence-electron chi connectivity index (χ4n) is 2.55. The summed E-state index contributed by atoms with van der Waals surface area (Å²) in [4.78, 5) is 12.1. The third-order valence-electron chi connectivity index (χ3n) is 3.82. The Hall–Kier alpha value is -2.68. The van der Waals surface area contributed by atoms with E-state index in [2.05, 4.69) is 15.5 Å². The zero-order valence-corrected chi connectivity index (χ0v) is 15.8. The maximum absolute atomic E-state index is 13.6. The number of hydrogen-bond donors (Lipinski definition) is 1. The van der Waals surface area contributed by atoms with Crippen LogP contribution in [-0.2, 0) is 4.79 Å². The second-order valence-electron chi connectivity index (χ2n) is 6.12. The molecule has 1 aromatic carbocycles. The van der Waals surface area contributed by atoms with Crippen molar-refractivity contribution in [1.29, 1.82) is 0 Å². The number of amides is 1. The van der Waals surface area contributed by atoms with Crippen molar-refractivity contribution in [3.63, 3.8) is 0 Å². The van der Waals surface area contributed by atoms with Gasteiger partial charge in [-0.15, -0.1) is 10.2 Å². The molecule has 6 nitrogen and oxygen atoms in total. The molecule has 0 aliphatic rings. The average molecular weight is 392 g/mol. The molecule has 27 heavy (non-hydrogen) atoms. The number of anilines is 1. The first-order valence-corrected chi connectivity index (χ1v) is 9.22. The number of thioether (sulfide) groups is 1. The zero-order valence-electron chi connectivity index (χ0n) is 15.0. The van der Waals surface area contributed by atoms with Gasteiger partial charge in [-0.3, -0.25) is 9.36 Å². The summed E-state index contributed by atoms with van der Waals surface area (Å²) in [7, 11) is 0. The minimum Gasteiger partial charge on any atom is -0.469 e. The van der Waals surface area contributed by atoms with Crippen molar-refractivity contribution >= 4 is 23.4 Å². The number of rotatable bonds is 6. The van der Waals surface area contributed by atoms with Crippen LogP contribution in [-0.4, -0.2) is 26.4 Å². The molecule has 142 valence electrons. The highest BCUT2D eigenvalue weighted by Crippen LogP contribution is 2.30. The molecule has 3 rings (SSSR count). The predicted molar refractivity (Wildman–Crippen MR) is 98.6 cm³/mol. The topological polar surface area (TPSA) is 72.9 Å². The lowest BCUT2D eigenvalue weighted by atomic mass is 10.2. The number of carbonyl (C=O) groups excluding carboxylic acids is 1. The van der Waals surface area contributed by atoms with Gasteiger partial charge in [-0.2, -0.15) is 0 Å². The summed E-state index contributed by atoms with van der Waals surface area (Å²) in [5, 5.41) is 11.4. The molecule has 0 fully saturated rings. The van der Waals surface area contributed by atoms with Crippen LogP contribution >= 0.6 is 11.8 Å². The van der Waals surface area contributed by atoms with Gasteiger partial charge in [0.25, 0.3) is 0 Å². The Morgan fingerprint density at radius 1 is 1.30 bits per heavy atom. The Labute approximate surface area is 159 Å². The summed E-state index contributed by atoms with van der Waals surface area (Å²) < 4.78 is 33.8. The Balaban J connectivity index is 1.73. The predicted octanol–water partition coefficient (Wildman–Crippen LogP) is 4.44. The normalized spacial score (nSPS) is 11.2. The van der Waals surface area contributed by atoms with Gasteiger partial charge in [-0.1, -0.05) is 11.8 Å². The van der Waals surface area contributed by atoms with Crippen molar-refractivity contribution < 1.29 is 18.0 Å². The highest BCUT2D eigenvalue weighted by molar-refractivity contribution is 7.99. The molecule has 0 spiro atoms. The summed E-state index contributed by atoms with van der Waals surface area (Å²) in [5.74, 6) is -0.561. The van der Waals surface area contributed by atoms with Crippen LogP contribution in [0.2, 0.25) is 0 Å². The van der Waals surface area contributed by atoms with Gasteiger partial charge in [-0.05, 0) is 39.0 Å². The van der Waals surface area contributed by atoms with E-state index in [1.165, 1.54) is 17.8 Å². The third-order valence-corrected chi connectivity index (χ3v) is 4.76. The Bertz CT molecular complexity index is 968. The third kappa shape index (κ3) is 4.19. The molecule has 0 bridgehead atoms. The second kappa shape index (κ2) is 7.91. The molecule has 0 aliphatic carbocycles. The fourth-order valence-corrected chi connectivity index (χ4v) is 3.42. The number of aromatic nitrogens is 3. The number of aryl methyl sites for hydroxylation is 1. The van der Waals surface area contributed by atoms with Gasteiger partial charge >= 0.3 is 0 Å². The van der Waals surface area contributed by atoms with Crippen molar-refractivity contribution in [2.75, 3.05) is 11.1 Å². The van der Waals surface area contributed by atoms with Gasteiger partial charge in [0.15, 0.2) is 11.0 Å². The van der Waals surface area contributed by atoms with Crippen molar-refractivity contribution in [2.45, 2.75) is 32.0 Å². The second-order valence-corrected chi connectivity index (χ2v) is 7.06. The van der Waals surface area contributed by atoms with E-state index in [4.69, 9.17) is 4.42 Å². The zero-order chi connectivity index (χ0) is 19.6. The van der Waals surface area contributed by atoms with E-state index in [9.17, 15) is 13.6 Å². The monoisotopic (exact) mass is 392 g/mol. The van der Waals surface area contributed by atoms with E-state index < -0.39 is 17.5 Å². The molecule has 1 amide bonds. The van der Waals surface area contributed by atoms with Crippen molar-refractivity contribution in [1.82, 2.24) is 14.8 Å². The van der Waals surface area contributed by atoms with Crippen LogP contribution in [0, 0.1) is 18.6 Å². The molecular weight excluding hydrogens is 374 g/mol. The minimum absolute atomic E-state index is 0.00599. The molecule has 9 heteroatoms. The van der Waals surface area contributed by atoms with E-state index in [-0.39, 0.29) is 17.5 Å². The van der Waals surface area contributed by atoms with Gasteiger partial charge in [0.05, 0.1) is 23.3 Å². The molecule has 0 aliphatic heterocycles. The van der Waals surface area contributed by atoms with E-state index >= 15 is 0 Å². The molecule has 2 aromatic heterocycles. The molecular formula is C18H18F2N4O2S. The van der Waals surface area contributed by atoms with Crippen LogP contribution in [0.3, 0.4) is 0 Å². The number of carbonyl (C=O) groups is 1. The summed E-state index contributed by atoms with van der Waals surface area (Å²) in [6.07, 6.45) is 1.58. The average Bonchev–Trinajstić information content (AvgIpc) is 3.21. The largest absolute Gasteiger partial charge is 0.469 e. The molecule has 0 saturated heterocycles. The summed E-state index contributed by atoms with van der Waals surface area (Å²) in [6, 6.07) is 4.86. The number of nitrogens with zero attached hydrogens (tertiary/aromatic N) is 3. The van der Waals surface area contributed by atoms with Crippen molar-refractivity contribution in [3.05, 3.63) is 47.9 Å². The fraction of sp³-hybridized carbons (Fsp3) is 0.278. The molecule has 2 heterocycles. The van der Waals surface area contributed by atoms with Gasteiger partial charge < -0.3 is 9.73 Å². The smallest absolute Gasteiger partial charge is 0.234 e. The maximum atomic E-state index is 13.6. The first-order chi connectivity index (χ1) is 12.9. The Morgan fingerprint density at radius 2 is 2.07 bits per heavy atom. The van der Waals surface area contributed by atoms with E-state index in [1.807, 2.05) is 31.4 Å². The van der Waals surface area contributed by atoms with Crippen LogP contribution in [0.25, 0.3) is 11.4 Å². The van der Waals surface area contributed by atoms with Crippen LogP contribution in [0.4, 0.5) is 14.5 Å². The summed E-state index contributed by atoms with van der Waals surface area (Å²) in [5.41, 5.74) is 0.767. The van der Waals surface area contributed by atoms with Gasteiger partial charge in [0.1, 0.15) is 17.4 Å². The molecule has 0 atom stereocenters. The van der Waals surface area contributed by atoms with Crippen molar-refractivity contribution in [3.8, 4) is 11.4 Å². The maximum Gasteiger partial charge on any atom is 0.234 e. The number of halogens is 2. The SMILES string of the molecule is Cc1occc1-c1nnc(SCC(=O)Nc2ccc(F)cc2F)n1C(C)C. The van der Waals surface area contributed by atoms with E-state index in [0.717, 1.165) is 23.5 Å². The first kappa shape index (κ1) is 19.1. The van der Waals surface area contributed by atoms with Crippen molar-refractivity contribution in [2.24, 2.45) is 0 Å². The molecule has 1 N–H and O–H groups in total. The molecule has 3 aromatic rings. The molecule has 0 saturated carbocycles. The summed E-state index contributed by atoms with van der Waals surface area (Å²) in [6.45, 7) is 5.81.